The molecular weight excluding hydrogens is 318 g/mol. The predicted molar refractivity (Wildman–Crippen MR) is 86.6 cm³/mol. The molecule has 3 atom stereocenters. The summed E-state index contributed by atoms with van der Waals surface area (Å²) in [6.45, 7) is 5.40. The van der Waals surface area contributed by atoms with Gasteiger partial charge in [0.25, 0.3) is 0 Å². The van der Waals surface area contributed by atoms with E-state index >= 15 is 0 Å². The van der Waals surface area contributed by atoms with E-state index in [4.69, 9.17) is 0 Å². The summed E-state index contributed by atoms with van der Waals surface area (Å²) in [5.74, 6) is -0.378. The quantitative estimate of drug-likeness (QED) is 0.542. The monoisotopic (exact) mass is 341 g/mol. The molecule has 1 fully saturated rings. The Morgan fingerprint density at radius 3 is 2.57 bits per heavy atom. The highest BCUT2D eigenvalue weighted by Gasteiger charge is 2.41. The number of carbonyl (C=O) groups excluding carboxylic acids is 1. The molecule has 8 nitrogen and oxygen atoms in total. The van der Waals surface area contributed by atoms with Gasteiger partial charge in [-0.2, -0.15) is 0 Å². The number of amides is 1. The minimum Gasteiger partial charge on any atom is -0.351 e. The van der Waals surface area contributed by atoms with Gasteiger partial charge in [-0.3, -0.25) is 20.6 Å². The van der Waals surface area contributed by atoms with Crippen LogP contribution in [0, 0.1) is 0 Å². The molecule has 23 heavy (non-hydrogen) atoms. The van der Waals surface area contributed by atoms with E-state index in [1.165, 1.54) is 6.92 Å². The Morgan fingerprint density at radius 1 is 1.35 bits per heavy atom. The maximum Gasteiger partial charge on any atom is 0.238 e. The van der Waals surface area contributed by atoms with Crippen molar-refractivity contribution >= 4 is 15.9 Å². The fourth-order valence-electron chi connectivity index (χ4n) is 2.62. The van der Waals surface area contributed by atoms with Gasteiger partial charge in [0.05, 0.1) is 6.04 Å². The first-order valence-corrected chi connectivity index (χ1v) is 9.04. The Kier molecular flexibility index (Phi) is 5.69. The summed E-state index contributed by atoms with van der Waals surface area (Å²) in [7, 11) is -3.63. The summed E-state index contributed by atoms with van der Waals surface area (Å²) in [5, 5.41) is 2.05. The SMILES string of the molecule is CC1NNC(C)C1S(=O)(=O)N[C@H](C)C(=O)NCc1cccnc1. The molecule has 1 aliphatic heterocycles. The molecule has 0 aliphatic carbocycles. The number of nitrogens with one attached hydrogen (secondary N) is 4. The van der Waals surface area contributed by atoms with Crippen molar-refractivity contribution < 1.29 is 13.2 Å². The number of pyridine rings is 1. The van der Waals surface area contributed by atoms with Crippen LogP contribution in [0.4, 0.5) is 0 Å². The van der Waals surface area contributed by atoms with E-state index in [1.807, 2.05) is 6.07 Å². The van der Waals surface area contributed by atoms with Crippen LogP contribution in [0.1, 0.15) is 26.3 Å². The lowest BCUT2D eigenvalue weighted by atomic mass is 10.2. The number of hydrazine groups is 1. The van der Waals surface area contributed by atoms with Crippen LogP contribution in [0.15, 0.2) is 24.5 Å². The molecule has 1 amide bonds. The molecule has 1 aromatic heterocycles. The fraction of sp³-hybridized carbons (Fsp3) is 0.571. The second kappa shape index (κ2) is 7.35. The molecule has 0 spiro atoms. The maximum absolute atomic E-state index is 12.5. The third-order valence-corrected chi connectivity index (χ3v) is 6.02. The number of aromatic nitrogens is 1. The van der Waals surface area contributed by atoms with E-state index in [0.29, 0.717) is 6.54 Å². The molecule has 1 aliphatic rings. The zero-order valence-electron chi connectivity index (χ0n) is 13.4. The first-order valence-electron chi connectivity index (χ1n) is 7.50. The second-order valence-electron chi connectivity index (χ2n) is 5.79. The Morgan fingerprint density at radius 2 is 2.00 bits per heavy atom. The van der Waals surface area contributed by atoms with Gasteiger partial charge in [-0.05, 0) is 32.4 Å². The summed E-state index contributed by atoms with van der Waals surface area (Å²) >= 11 is 0. The van der Waals surface area contributed by atoms with Gasteiger partial charge in [-0.1, -0.05) is 6.07 Å². The zero-order valence-corrected chi connectivity index (χ0v) is 14.2. The highest BCUT2D eigenvalue weighted by molar-refractivity contribution is 7.90. The number of rotatable bonds is 6. The third kappa shape index (κ3) is 4.47. The topological polar surface area (TPSA) is 112 Å². The molecule has 2 rings (SSSR count). The van der Waals surface area contributed by atoms with Gasteiger partial charge < -0.3 is 5.32 Å². The number of hydrogen-bond acceptors (Lipinski definition) is 6. The average Bonchev–Trinajstić information content (AvgIpc) is 2.85. The number of sulfonamides is 1. The van der Waals surface area contributed by atoms with Crippen molar-refractivity contribution in [1.29, 1.82) is 0 Å². The fourth-order valence-corrected chi connectivity index (χ4v) is 4.59. The lowest BCUT2D eigenvalue weighted by Gasteiger charge is -2.22. The Balaban J connectivity index is 1.92. The number of nitrogens with zero attached hydrogens (tertiary/aromatic N) is 1. The summed E-state index contributed by atoms with van der Waals surface area (Å²) in [6.07, 6.45) is 3.29. The third-order valence-electron chi connectivity index (χ3n) is 3.81. The first-order chi connectivity index (χ1) is 10.8. The van der Waals surface area contributed by atoms with E-state index < -0.39 is 21.3 Å². The molecule has 0 radical (unpaired) electrons. The van der Waals surface area contributed by atoms with Gasteiger partial charge in [0.15, 0.2) is 0 Å². The van der Waals surface area contributed by atoms with Gasteiger partial charge in [0.1, 0.15) is 5.25 Å². The van der Waals surface area contributed by atoms with Crippen molar-refractivity contribution in [2.24, 2.45) is 0 Å². The molecule has 2 unspecified atom stereocenters. The molecule has 0 saturated carbocycles. The minimum atomic E-state index is -3.63. The van der Waals surface area contributed by atoms with Crippen LogP contribution in [-0.2, 0) is 21.4 Å². The van der Waals surface area contributed by atoms with Crippen molar-refractivity contribution in [2.45, 2.75) is 50.7 Å². The maximum atomic E-state index is 12.5. The average molecular weight is 341 g/mol. The van der Waals surface area contributed by atoms with Crippen LogP contribution < -0.4 is 20.9 Å². The van der Waals surface area contributed by atoms with Crippen LogP contribution >= 0.6 is 0 Å². The minimum absolute atomic E-state index is 0.242. The van der Waals surface area contributed by atoms with Crippen LogP contribution in [-0.4, -0.2) is 42.7 Å². The van der Waals surface area contributed by atoms with Gasteiger partial charge in [0.2, 0.25) is 15.9 Å². The van der Waals surface area contributed by atoms with Gasteiger partial charge in [-0.25, -0.2) is 13.1 Å². The summed E-state index contributed by atoms with van der Waals surface area (Å²) in [4.78, 5) is 16.0. The van der Waals surface area contributed by atoms with E-state index in [1.54, 1.807) is 32.3 Å². The molecular formula is C14H23N5O3S. The summed E-state index contributed by atoms with van der Waals surface area (Å²) < 4.78 is 27.4. The number of hydrogen-bond donors (Lipinski definition) is 4. The Hall–Kier alpha value is -1.55. The Labute approximate surface area is 136 Å². The summed E-state index contributed by atoms with van der Waals surface area (Å²) in [6, 6.07) is 2.27. The zero-order chi connectivity index (χ0) is 17.0. The van der Waals surface area contributed by atoms with Gasteiger partial charge in [0, 0.05) is 31.0 Å². The van der Waals surface area contributed by atoms with Gasteiger partial charge >= 0.3 is 0 Å². The van der Waals surface area contributed by atoms with Crippen molar-refractivity contribution in [3.05, 3.63) is 30.1 Å². The normalized spacial score (nSPS) is 26.0. The highest BCUT2D eigenvalue weighted by Crippen LogP contribution is 2.15. The Bertz CT molecular complexity index is 627. The molecule has 1 saturated heterocycles. The van der Waals surface area contributed by atoms with Crippen LogP contribution in [0.5, 0.6) is 0 Å². The van der Waals surface area contributed by atoms with Crippen molar-refractivity contribution in [3.63, 3.8) is 0 Å². The molecule has 0 bridgehead atoms. The second-order valence-corrected chi connectivity index (χ2v) is 7.66. The van der Waals surface area contributed by atoms with Crippen molar-refractivity contribution in [1.82, 2.24) is 25.9 Å². The standard InChI is InChI=1S/C14H23N5O3S/c1-9-13(10(2)18-17-9)23(21,22)19-11(3)14(20)16-8-12-5-4-6-15-7-12/h4-7,9-11,13,17-19H,8H2,1-3H3,(H,16,20)/t9?,10?,11-,13?/m1/s1. The predicted octanol–water partition coefficient (Wildman–Crippen LogP) is -0.741. The molecule has 9 heteroatoms. The first kappa shape index (κ1) is 17.8. The molecule has 4 N–H and O–H groups in total. The molecule has 2 heterocycles. The summed E-state index contributed by atoms with van der Waals surface area (Å²) in [5.41, 5.74) is 6.65. The van der Waals surface area contributed by atoms with Crippen molar-refractivity contribution in [3.8, 4) is 0 Å². The molecule has 128 valence electrons. The van der Waals surface area contributed by atoms with E-state index in [2.05, 4.69) is 25.9 Å². The molecule has 1 aromatic rings. The largest absolute Gasteiger partial charge is 0.351 e. The van der Waals surface area contributed by atoms with Crippen LogP contribution in [0.2, 0.25) is 0 Å². The van der Waals surface area contributed by atoms with Crippen LogP contribution in [0.25, 0.3) is 0 Å². The lowest BCUT2D eigenvalue weighted by Crippen LogP contribution is -2.51. The van der Waals surface area contributed by atoms with Gasteiger partial charge in [-0.15, -0.1) is 0 Å². The van der Waals surface area contributed by atoms with E-state index in [0.717, 1.165) is 5.56 Å². The van der Waals surface area contributed by atoms with E-state index in [-0.39, 0.29) is 18.0 Å². The lowest BCUT2D eigenvalue weighted by molar-refractivity contribution is -0.122. The molecule has 0 aromatic carbocycles. The smallest absolute Gasteiger partial charge is 0.238 e. The van der Waals surface area contributed by atoms with Crippen LogP contribution in [0.3, 0.4) is 0 Å². The van der Waals surface area contributed by atoms with Crippen molar-refractivity contribution in [2.75, 3.05) is 0 Å². The number of carbonyl (C=O) groups is 1. The highest BCUT2D eigenvalue weighted by atomic mass is 32.2. The van der Waals surface area contributed by atoms with E-state index in [9.17, 15) is 13.2 Å².